The molecular weight excluding hydrogens is 240 g/mol. The first-order valence-corrected chi connectivity index (χ1v) is 6.54. The number of piperidine rings is 1. The molecule has 0 saturated carbocycles. The molecule has 1 aliphatic heterocycles. The number of rotatable bonds is 2. The van der Waals surface area contributed by atoms with E-state index in [9.17, 15) is 0 Å². The summed E-state index contributed by atoms with van der Waals surface area (Å²) in [7, 11) is 2.01. The van der Waals surface area contributed by atoms with Gasteiger partial charge < -0.3 is 9.47 Å². The largest absolute Gasteiger partial charge is 0.355 e. The van der Waals surface area contributed by atoms with Gasteiger partial charge in [-0.1, -0.05) is 6.92 Å². The van der Waals surface area contributed by atoms with E-state index in [-0.39, 0.29) is 5.41 Å². The zero-order chi connectivity index (χ0) is 13.3. The van der Waals surface area contributed by atoms with Crippen molar-refractivity contribution in [2.24, 2.45) is 7.05 Å². The normalized spacial score (nSPS) is 18.5. The Bertz CT molecular complexity index is 541. The summed E-state index contributed by atoms with van der Waals surface area (Å²) in [4.78, 5) is 10.8. The maximum Gasteiger partial charge on any atom is 0.147 e. The molecule has 0 aliphatic carbocycles. The van der Waals surface area contributed by atoms with Gasteiger partial charge >= 0.3 is 0 Å². The fourth-order valence-corrected chi connectivity index (χ4v) is 2.74. The molecular formula is C13H18N6. The van der Waals surface area contributed by atoms with E-state index >= 15 is 0 Å². The second-order valence-electron chi connectivity index (χ2n) is 5.38. The predicted octanol–water partition coefficient (Wildman–Crippen LogP) is 1.16. The molecule has 1 fully saturated rings. The van der Waals surface area contributed by atoms with Crippen LogP contribution in [0.4, 0.5) is 5.82 Å². The number of hydrogen-bond donors (Lipinski definition) is 0. The van der Waals surface area contributed by atoms with Crippen molar-refractivity contribution in [1.29, 1.82) is 0 Å². The topological polar surface area (TPSA) is 59.7 Å². The van der Waals surface area contributed by atoms with Crippen molar-refractivity contribution >= 4 is 5.82 Å². The number of aryl methyl sites for hydroxylation is 1. The summed E-state index contributed by atoms with van der Waals surface area (Å²) in [5.41, 5.74) is 0.101. The quantitative estimate of drug-likeness (QED) is 0.809. The van der Waals surface area contributed by atoms with Gasteiger partial charge in [0.1, 0.15) is 18.0 Å². The first-order chi connectivity index (χ1) is 9.19. The van der Waals surface area contributed by atoms with E-state index in [4.69, 9.17) is 0 Å². The third-order valence-corrected chi connectivity index (χ3v) is 3.99. The van der Waals surface area contributed by atoms with Crippen LogP contribution in [0.2, 0.25) is 0 Å². The van der Waals surface area contributed by atoms with Crippen LogP contribution in [0.15, 0.2) is 24.9 Å². The average Bonchev–Trinajstić information content (AvgIpc) is 2.88. The molecule has 6 heteroatoms. The zero-order valence-electron chi connectivity index (χ0n) is 11.3. The third kappa shape index (κ3) is 2.18. The van der Waals surface area contributed by atoms with Crippen LogP contribution in [0.1, 0.15) is 25.6 Å². The van der Waals surface area contributed by atoms with E-state index in [1.807, 2.05) is 17.8 Å². The van der Waals surface area contributed by atoms with Gasteiger partial charge in [-0.3, -0.25) is 4.98 Å². The number of aromatic nitrogens is 5. The Hall–Kier alpha value is -1.98. The van der Waals surface area contributed by atoms with Gasteiger partial charge in [0.2, 0.25) is 0 Å². The van der Waals surface area contributed by atoms with E-state index in [0.29, 0.717) is 0 Å². The Kier molecular flexibility index (Phi) is 2.93. The monoisotopic (exact) mass is 258 g/mol. The summed E-state index contributed by atoms with van der Waals surface area (Å²) >= 11 is 0. The lowest BCUT2D eigenvalue weighted by Crippen LogP contribution is -2.42. The predicted molar refractivity (Wildman–Crippen MR) is 71.8 cm³/mol. The third-order valence-electron chi connectivity index (χ3n) is 3.99. The maximum atomic E-state index is 4.36. The van der Waals surface area contributed by atoms with Gasteiger partial charge in [-0.2, -0.15) is 0 Å². The van der Waals surface area contributed by atoms with Crippen molar-refractivity contribution in [3.05, 3.63) is 30.7 Å². The van der Waals surface area contributed by atoms with Gasteiger partial charge in [0.15, 0.2) is 0 Å². The Balaban J connectivity index is 1.75. The molecule has 19 heavy (non-hydrogen) atoms. The zero-order valence-corrected chi connectivity index (χ0v) is 11.3. The summed E-state index contributed by atoms with van der Waals surface area (Å²) in [5.74, 6) is 2.04. The molecule has 2 aromatic heterocycles. The van der Waals surface area contributed by atoms with Crippen molar-refractivity contribution in [2.75, 3.05) is 18.0 Å². The van der Waals surface area contributed by atoms with Gasteiger partial charge in [0.05, 0.1) is 6.20 Å². The number of nitrogens with zero attached hydrogens (tertiary/aromatic N) is 6. The molecule has 6 nitrogen and oxygen atoms in total. The highest BCUT2D eigenvalue weighted by Gasteiger charge is 2.35. The summed E-state index contributed by atoms with van der Waals surface area (Å²) in [5, 5.41) is 8.27. The molecule has 1 saturated heterocycles. The molecule has 0 aromatic carbocycles. The molecule has 0 bridgehead atoms. The fourth-order valence-electron chi connectivity index (χ4n) is 2.74. The molecule has 2 aromatic rings. The lowest BCUT2D eigenvalue weighted by atomic mass is 9.79. The number of hydrogen-bond acceptors (Lipinski definition) is 5. The highest BCUT2D eigenvalue weighted by Crippen LogP contribution is 2.34. The van der Waals surface area contributed by atoms with Crippen molar-refractivity contribution in [3.8, 4) is 0 Å². The molecule has 0 atom stereocenters. The molecule has 3 heterocycles. The van der Waals surface area contributed by atoms with E-state index in [1.54, 1.807) is 18.7 Å². The summed E-state index contributed by atoms with van der Waals surface area (Å²) in [6.07, 6.45) is 9.15. The first-order valence-electron chi connectivity index (χ1n) is 6.54. The lowest BCUT2D eigenvalue weighted by molar-refractivity contribution is 0.334. The molecule has 1 aliphatic rings. The maximum absolute atomic E-state index is 4.36. The van der Waals surface area contributed by atoms with Crippen LogP contribution in [0.5, 0.6) is 0 Å². The minimum atomic E-state index is 0.101. The minimum absolute atomic E-state index is 0.101. The van der Waals surface area contributed by atoms with Gasteiger partial charge in [0, 0.05) is 37.9 Å². The van der Waals surface area contributed by atoms with E-state index in [2.05, 4.69) is 32.0 Å². The molecule has 0 N–H and O–H groups in total. The van der Waals surface area contributed by atoms with Crippen molar-refractivity contribution in [1.82, 2.24) is 24.7 Å². The molecule has 0 radical (unpaired) electrons. The molecule has 100 valence electrons. The second kappa shape index (κ2) is 4.60. The standard InChI is InChI=1S/C13H18N6/c1-13(12-17-16-10-18(12)2)3-7-19(8-4-13)11-9-14-5-6-15-11/h5-6,9-10H,3-4,7-8H2,1-2H3. The van der Waals surface area contributed by atoms with Crippen molar-refractivity contribution < 1.29 is 0 Å². The lowest BCUT2D eigenvalue weighted by Gasteiger charge is -2.38. The van der Waals surface area contributed by atoms with Crippen molar-refractivity contribution in [3.63, 3.8) is 0 Å². The van der Waals surface area contributed by atoms with E-state index in [0.717, 1.165) is 37.6 Å². The summed E-state index contributed by atoms with van der Waals surface area (Å²) in [6.45, 7) is 4.22. The summed E-state index contributed by atoms with van der Waals surface area (Å²) < 4.78 is 2.03. The van der Waals surface area contributed by atoms with Crippen LogP contribution in [-0.2, 0) is 12.5 Å². The van der Waals surface area contributed by atoms with Gasteiger partial charge in [-0.15, -0.1) is 10.2 Å². The summed E-state index contributed by atoms with van der Waals surface area (Å²) in [6, 6.07) is 0. The first kappa shape index (κ1) is 12.1. The second-order valence-corrected chi connectivity index (χ2v) is 5.38. The van der Waals surface area contributed by atoms with Crippen molar-refractivity contribution in [2.45, 2.75) is 25.2 Å². The minimum Gasteiger partial charge on any atom is -0.355 e. The van der Waals surface area contributed by atoms with Crippen LogP contribution in [0.25, 0.3) is 0 Å². The Labute approximate surface area is 112 Å². The van der Waals surface area contributed by atoms with Gasteiger partial charge in [0.25, 0.3) is 0 Å². The fraction of sp³-hybridized carbons (Fsp3) is 0.538. The molecule has 3 rings (SSSR count). The Morgan fingerprint density at radius 1 is 1.21 bits per heavy atom. The number of anilines is 1. The van der Waals surface area contributed by atoms with Crippen LogP contribution in [0, 0.1) is 0 Å². The van der Waals surface area contributed by atoms with E-state index in [1.165, 1.54) is 0 Å². The van der Waals surface area contributed by atoms with E-state index < -0.39 is 0 Å². The van der Waals surface area contributed by atoms with Gasteiger partial charge in [-0.25, -0.2) is 4.98 Å². The SMILES string of the molecule is Cn1cnnc1C1(C)CCN(c2cnccn2)CC1. The highest BCUT2D eigenvalue weighted by atomic mass is 15.3. The smallest absolute Gasteiger partial charge is 0.147 e. The van der Waals surface area contributed by atoms with Crippen LogP contribution in [0.3, 0.4) is 0 Å². The molecule has 0 amide bonds. The molecule has 0 unspecified atom stereocenters. The van der Waals surface area contributed by atoms with Crippen LogP contribution >= 0.6 is 0 Å². The Morgan fingerprint density at radius 2 is 2.00 bits per heavy atom. The highest BCUT2D eigenvalue weighted by molar-refractivity contribution is 5.36. The Morgan fingerprint density at radius 3 is 2.58 bits per heavy atom. The van der Waals surface area contributed by atoms with Gasteiger partial charge in [-0.05, 0) is 12.8 Å². The van der Waals surface area contributed by atoms with Crippen LogP contribution in [-0.4, -0.2) is 37.8 Å². The van der Waals surface area contributed by atoms with Crippen LogP contribution < -0.4 is 4.90 Å². The molecule has 0 spiro atoms. The average molecular weight is 258 g/mol.